The molecule has 0 unspecified atom stereocenters. The Labute approximate surface area is 192 Å². The van der Waals surface area contributed by atoms with E-state index in [1.54, 1.807) is 12.2 Å². The van der Waals surface area contributed by atoms with Gasteiger partial charge < -0.3 is 24.0 Å². The largest absolute Gasteiger partial charge is 0.454 e. The average Bonchev–Trinajstić information content (AvgIpc) is 3.31. The molecule has 1 saturated heterocycles. The molecule has 168 valence electrons. The van der Waals surface area contributed by atoms with Gasteiger partial charge in [0.2, 0.25) is 18.6 Å². The topological polar surface area (TPSA) is 77.0 Å². The molecule has 1 fully saturated rings. The lowest BCUT2D eigenvalue weighted by molar-refractivity contribution is -0.126. The predicted octanol–water partition coefficient (Wildman–Crippen LogP) is 3.67. The lowest BCUT2D eigenvalue weighted by Crippen LogP contribution is -2.48. The van der Waals surface area contributed by atoms with E-state index in [0.29, 0.717) is 43.6 Å². The van der Waals surface area contributed by atoms with Crippen LogP contribution in [-0.2, 0) is 4.79 Å². The Hall–Kier alpha value is -4.07. The van der Waals surface area contributed by atoms with Gasteiger partial charge in [0.15, 0.2) is 11.5 Å². The smallest absolute Gasteiger partial charge is 0.246 e. The molecule has 2 aliphatic rings. The highest BCUT2D eigenvalue weighted by Crippen LogP contribution is 2.32. The lowest BCUT2D eigenvalue weighted by atomic mass is 10.2. The normalized spacial score (nSPS) is 15.2. The molecule has 0 aliphatic carbocycles. The fourth-order valence-electron chi connectivity index (χ4n) is 3.79. The van der Waals surface area contributed by atoms with Crippen molar-refractivity contribution in [2.45, 2.75) is 6.92 Å². The number of hydrogen-bond acceptors (Lipinski definition) is 7. The van der Waals surface area contributed by atoms with Gasteiger partial charge in [0, 0.05) is 38.3 Å². The van der Waals surface area contributed by atoms with Crippen LogP contribution in [-0.4, -0.2) is 53.7 Å². The first-order valence-corrected chi connectivity index (χ1v) is 10.8. The van der Waals surface area contributed by atoms with E-state index >= 15 is 0 Å². The highest BCUT2D eigenvalue weighted by Gasteiger charge is 2.22. The number of carbonyl (C=O) groups excluding carboxylic acids is 1. The number of fused-ring (bicyclic) bond motifs is 1. The maximum atomic E-state index is 12.7. The van der Waals surface area contributed by atoms with Gasteiger partial charge in [0.1, 0.15) is 17.4 Å². The van der Waals surface area contributed by atoms with E-state index < -0.39 is 0 Å². The number of aryl methyl sites for hydroxylation is 1. The molecule has 0 saturated carbocycles. The first-order valence-electron chi connectivity index (χ1n) is 10.8. The first-order chi connectivity index (χ1) is 16.1. The summed E-state index contributed by atoms with van der Waals surface area (Å²) in [7, 11) is 0. The van der Waals surface area contributed by atoms with Crippen molar-refractivity contribution in [1.82, 2.24) is 14.9 Å². The van der Waals surface area contributed by atoms with Gasteiger partial charge in [0.25, 0.3) is 0 Å². The van der Waals surface area contributed by atoms with Crippen molar-refractivity contribution in [3.63, 3.8) is 0 Å². The molecule has 2 aliphatic heterocycles. The molecule has 0 atom stereocenters. The molecule has 3 aromatic rings. The van der Waals surface area contributed by atoms with Crippen LogP contribution in [0.4, 0.5) is 5.82 Å². The second-order valence-electron chi connectivity index (χ2n) is 7.79. The zero-order chi connectivity index (χ0) is 22.6. The van der Waals surface area contributed by atoms with Crippen LogP contribution in [0.25, 0.3) is 6.08 Å². The summed E-state index contributed by atoms with van der Waals surface area (Å²) in [6.45, 7) is 4.68. The summed E-state index contributed by atoms with van der Waals surface area (Å²) < 4.78 is 16.6. The number of anilines is 1. The van der Waals surface area contributed by atoms with Gasteiger partial charge >= 0.3 is 0 Å². The van der Waals surface area contributed by atoms with E-state index in [9.17, 15) is 4.79 Å². The Balaban J connectivity index is 1.20. The third-order valence-electron chi connectivity index (χ3n) is 5.50. The van der Waals surface area contributed by atoms with Gasteiger partial charge in [-0.2, -0.15) is 4.98 Å². The molecule has 8 nitrogen and oxygen atoms in total. The van der Waals surface area contributed by atoms with Gasteiger partial charge in [0.05, 0.1) is 0 Å². The van der Waals surface area contributed by atoms with Crippen molar-refractivity contribution in [1.29, 1.82) is 0 Å². The summed E-state index contributed by atoms with van der Waals surface area (Å²) >= 11 is 0. The summed E-state index contributed by atoms with van der Waals surface area (Å²) in [5.41, 5.74) is 0.897. The molecule has 33 heavy (non-hydrogen) atoms. The summed E-state index contributed by atoms with van der Waals surface area (Å²) in [5.74, 6) is 4.10. The number of hydrogen-bond donors (Lipinski definition) is 0. The molecule has 0 spiro atoms. The van der Waals surface area contributed by atoms with Crippen molar-refractivity contribution in [2.75, 3.05) is 37.9 Å². The van der Waals surface area contributed by atoms with Crippen molar-refractivity contribution in [2.24, 2.45) is 0 Å². The van der Waals surface area contributed by atoms with Gasteiger partial charge in [-0.05, 0) is 42.8 Å². The number of rotatable bonds is 5. The predicted molar refractivity (Wildman–Crippen MR) is 124 cm³/mol. The molecule has 1 amide bonds. The molecule has 0 bridgehead atoms. The minimum absolute atomic E-state index is 0.0146. The van der Waals surface area contributed by atoms with E-state index in [1.165, 1.54) is 0 Å². The number of carbonyl (C=O) groups is 1. The lowest BCUT2D eigenvalue weighted by Gasteiger charge is -2.35. The van der Waals surface area contributed by atoms with Crippen LogP contribution < -0.4 is 19.1 Å². The van der Waals surface area contributed by atoms with E-state index in [2.05, 4.69) is 14.9 Å². The third kappa shape index (κ3) is 4.90. The number of nitrogens with zero attached hydrogens (tertiary/aromatic N) is 4. The fourth-order valence-corrected chi connectivity index (χ4v) is 3.79. The van der Waals surface area contributed by atoms with Crippen LogP contribution in [0.1, 0.15) is 11.4 Å². The second kappa shape index (κ2) is 9.20. The van der Waals surface area contributed by atoms with Crippen LogP contribution in [0.3, 0.4) is 0 Å². The summed E-state index contributed by atoms with van der Waals surface area (Å²) in [6.07, 6.45) is 3.41. The number of aromatic nitrogens is 2. The van der Waals surface area contributed by atoms with Crippen molar-refractivity contribution in [3.05, 3.63) is 72.1 Å². The van der Waals surface area contributed by atoms with Crippen molar-refractivity contribution >= 4 is 17.8 Å². The molecule has 0 radical (unpaired) electrons. The Morgan fingerprint density at radius 2 is 1.76 bits per heavy atom. The van der Waals surface area contributed by atoms with E-state index in [-0.39, 0.29) is 12.7 Å². The molecule has 5 rings (SSSR count). The Morgan fingerprint density at radius 3 is 2.58 bits per heavy atom. The quantitative estimate of drug-likeness (QED) is 0.556. The average molecular weight is 444 g/mol. The summed E-state index contributed by atoms with van der Waals surface area (Å²) in [4.78, 5) is 25.6. The Kier molecular flexibility index (Phi) is 5.80. The Morgan fingerprint density at radius 1 is 0.970 bits per heavy atom. The maximum Gasteiger partial charge on any atom is 0.246 e. The van der Waals surface area contributed by atoms with E-state index in [4.69, 9.17) is 14.2 Å². The third-order valence-corrected chi connectivity index (χ3v) is 5.50. The van der Waals surface area contributed by atoms with Crippen LogP contribution in [0.5, 0.6) is 23.1 Å². The van der Waals surface area contributed by atoms with Crippen LogP contribution in [0.15, 0.2) is 60.7 Å². The van der Waals surface area contributed by atoms with Crippen LogP contribution >= 0.6 is 0 Å². The number of para-hydroxylation sites is 1. The number of piperazine rings is 1. The minimum Gasteiger partial charge on any atom is -0.454 e. The van der Waals surface area contributed by atoms with Crippen molar-refractivity contribution < 1.29 is 19.0 Å². The zero-order valence-corrected chi connectivity index (χ0v) is 18.3. The fraction of sp³-hybridized carbons (Fsp3) is 0.240. The monoisotopic (exact) mass is 444 g/mol. The molecular weight excluding hydrogens is 420 g/mol. The Bertz CT molecular complexity index is 1170. The zero-order valence-electron chi connectivity index (χ0n) is 18.3. The molecule has 3 heterocycles. The van der Waals surface area contributed by atoms with E-state index in [0.717, 1.165) is 22.9 Å². The van der Waals surface area contributed by atoms with Crippen LogP contribution in [0, 0.1) is 6.92 Å². The molecule has 0 N–H and O–H groups in total. The second-order valence-corrected chi connectivity index (χ2v) is 7.79. The highest BCUT2D eigenvalue weighted by molar-refractivity contribution is 5.92. The van der Waals surface area contributed by atoms with Gasteiger partial charge in [-0.15, -0.1) is 0 Å². The van der Waals surface area contributed by atoms with E-state index in [1.807, 2.05) is 66.4 Å². The summed E-state index contributed by atoms with van der Waals surface area (Å²) in [5, 5.41) is 0. The molecule has 1 aromatic heterocycles. The number of benzene rings is 2. The molecule has 8 heteroatoms. The SMILES string of the molecule is Cc1nc(Oc2ccccc2)cc(N2CCN(C(=O)/C=C/c3ccc4c(c3)OCO4)CC2)n1. The first kappa shape index (κ1) is 20.8. The number of amides is 1. The molecule has 2 aromatic carbocycles. The van der Waals surface area contributed by atoms with Gasteiger partial charge in [-0.1, -0.05) is 24.3 Å². The van der Waals surface area contributed by atoms with Gasteiger partial charge in [-0.3, -0.25) is 4.79 Å². The van der Waals surface area contributed by atoms with Crippen LogP contribution in [0.2, 0.25) is 0 Å². The van der Waals surface area contributed by atoms with Gasteiger partial charge in [-0.25, -0.2) is 4.98 Å². The molecular formula is C25H24N4O4. The minimum atomic E-state index is -0.0146. The maximum absolute atomic E-state index is 12.7. The number of ether oxygens (including phenoxy) is 3. The summed E-state index contributed by atoms with van der Waals surface area (Å²) in [6, 6.07) is 17.0. The van der Waals surface area contributed by atoms with Crippen molar-refractivity contribution in [3.8, 4) is 23.1 Å². The standard InChI is InChI=1S/C25H24N4O4/c1-18-26-23(16-24(27-18)33-20-5-3-2-4-6-20)28-11-13-29(14-12-28)25(30)10-8-19-7-9-21-22(15-19)32-17-31-21/h2-10,15-16H,11-14,17H2,1H3/b10-8+. The highest BCUT2D eigenvalue weighted by atomic mass is 16.7.